The Morgan fingerprint density at radius 3 is 2.78 bits per heavy atom. The van der Waals surface area contributed by atoms with Crippen molar-refractivity contribution in [1.29, 1.82) is 0 Å². The summed E-state index contributed by atoms with van der Waals surface area (Å²) in [6, 6.07) is 4.94. The minimum Gasteiger partial charge on any atom is -0.316 e. The third kappa shape index (κ3) is 2.09. The number of benzene rings is 1. The Morgan fingerprint density at radius 1 is 1.44 bits per heavy atom. The Labute approximate surface area is 108 Å². The minimum absolute atomic E-state index is 0.383. The van der Waals surface area contributed by atoms with E-state index in [2.05, 4.69) is 4.98 Å². The molecule has 2 rings (SSSR count). The molecular formula is C12H11ClN2O3. The molecule has 0 atom stereocenters. The van der Waals surface area contributed by atoms with Crippen LogP contribution in [0.25, 0.3) is 10.9 Å². The van der Waals surface area contributed by atoms with Crippen molar-refractivity contribution >= 4 is 28.2 Å². The predicted molar refractivity (Wildman–Crippen MR) is 70.2 cm³/mol. The number of halogens is 1. The second-order valence-corrected chi connectivity index (χ2v) is 4.41. The lowest BCUT2D eigenvalue weighted by molar-refractivity contribution is -0.386. The highest BCUT2D eigenvalue weighted by molar-refractivity contribution is 6.31. The van der Waals surface area contributed by atoms with Gasteiger partial charge in [-0.2, -0.15) is 0 Å². The van der Waals surface area contributed by atoms with E-state index in [-0.39, 0.29) is 5.69 Å². The van der Waals surface area contributed by atoms with Gasteiger partial charge in [-0.1, -0.05) is 24.9 Å². The zero-order valence-electron chi connectivity index (χ0n) is 9.70. The van der Waals surface area contributed by atoms with Crippen LogP contribution in [-0.2, 0) is 6.42 Å². The highest BCUT2D eigenvalue weighted by atomic mass is 35.5. The van der Waals surface area contributed by atoms with Gasteiger partial charge >= 0.3 is 11.2 Å². The van der Waals surface area contributed by atoms with Gasteiger partial charge in [-0.05, 0) is 24.6 Å². The van der Waals surface area contributed by atoms with Crippen molar-refractivity contribution in [2.45, 2.75) is 19.8 Å². The highest BCUT2D eigenvalue weighted by Crippen LogP contribution is 2.26. The molecule has 0 unspecified atom stereocenters. The summed E-state index contributed by atoms with van der Waals surface area (Å²) in [4.78, 5) is 24.6. The Bertz CT molecular complexity index is 679. The average Bonchev–Trinajstić information content (AvgIpc) is 2.30. The maximum absolute atomic E-state index is 11.7. The second kappa shape index (κ2) is 4.78. The van der Waals surface area contributed by atoms with Crippen LogP contribution in [0.5, 0.6) is 0 Å². The second-order valence-electron chi connectivity index (χ2n) is 3.98. The fourth-order valence-electron chi connectivity index (χ4n) is 2.02. The van der Waals surface area contributed by atoms with E-state index in [0.29, 0.717) is 34.3 Å². The average molecular weight is 267 g/mol. The monoisotopic (exact) mass is 266 g/mol. The van der Waals surface area contributed by atoms with Crippen LogP contribution in [-0.4, -0.2) is 9.91 Å². The normalized spacial score (nSPS) is 10.8. The largest absolute Gasteiger partial charge is 0.337 e. The zero-order chi connectivity index (χ0) is 13.3. The number of nitrogens with zero attached hydrogens (tertiary/aromatic N) is 1. The number of H-pyrrole nitrogens is 1. The van der Waals surface area contributed by atoms with E-state index in [4.69, 9.17) is 11.6 Å². The maximum Gasteiger partial charge on any atom is 0.337 e. The fraction of sp³-hybridized carbons (Fsp3) is 0.250. The number of aryl methyl sites for hydroxylation is 1. The number of pyridine rings is 1. The molecule has 18 heavy (non-hydrogen) atoms. The van der Waals surface area contributed by atoms with E-state index in [1.807, 2.05) is 6.92 Å². The van der Waals surface area contributed by atoms with E-state index in [9.17, 15) is 14.9 Å². The van der Waals surface area contributed by atoms with Crippen LogP contribution >= 0.6 is 11.6 Å². The number of aromatic amines is 1. The summed E-state index contributed by atoms with van der Waals surface area (Å²) in [5, 5.41) is 12.1. The molecular weight excluding hydrogens is 256 g/mol. The Hall–Kier alpha value is -1.88. The molecule has 94 valence electrons. The van der Waals surface area contributed by atoms with Crippen molar-refractivity contribution in [3.05, 3.63) is 49.3 Å². The van der Waals surface area contributed by atoms with Crippen molar-refractivity contribution in [2.24, 2.45) is 0 Å². The zero-order valence-corrected chi connectivity index (χ0v) is 10.5. The quantitative estimate of drug-likeness (QED) is 0.685. The van der Waals surface area contributed by atoms with Gasteiger partial charge in [0.1, 0.15) is 0 Å². The highest BCUT2D eigenvalue weighted by Gasteiger charge is 2.21. The van der Waals surface area contributed by atoms with Crippen LogP contribution in [0.3, 0.4) is 0 Å². The first-order valence-electron chi connectivity index (χ1n) is 5.53. The minimum atomic E-state index is -0.668. The van der Waals surface area contributed by atoms with Gasteiger partial charge in [0.25, 0.3) is 0 Å². The number of hydrogen-bond donors (Lipinski definition) is 1. The summed E-state index contributed by atoms with van der Waals surface area (Å²) in [5.74, 6) is 0. The van der Waals surface area contributed by atoms with Crippen LogP contribution in [0.15, 0.2) is 23.0 Å². The number of fused-ring (bicyclic) bond motifs is 1. The summed E-state index contributed by atoms with van der Waals surface area (Å²) in [6.45, 7) is 1.90. The fourth-order valence-corrected chi connectivity index (χ4v) is 2.19. The van der Waals surface area contributed by atoms with Gasteiger partial charge in [-0.25, -0.2) is 0 Å². The molecule has 2 aromatic rings. The molecule has 0 radical (unpaired) electrons. The van der Waals surface area contributed by atoms with E-state index in [0.717, 1.165) is 0 Å². The molecule has 0 saturated carbocycles. The van der Waals surface area contributed by atoms with Gasteiger partial charge in [-0.3, -0.25) is 14.9 Å². The Balaban J connectivity index is 2.91. The van der Waals surface area contributed by atoms with E-state index < -0.39 is 10.5 Å². The van der Waals surface area contributed by atoms with Crippen LogP contribution in [0.2, 0.25) is 5.02 Å². The van der Waals surface area contributed by atoms with Gasteiger partial charge in [0.2, 0.25) is 0 Å². The molecule has 1 heterocycles. The lowest BCUT2D eigenvalue weighted by Gasteiger charge is -2.06. The molecule has 0 fully saturated rings. The van der Waals surface area contributed by atoms with Crippen LogP contribution < -0.4 is 5.56 Å². The number of aromatic nitrogens is 1. The lowest BCUT2D eigenvalue weighted by Crippen LogP contribution is -2.15. The molecule has 0 saturated heterocycles. The molecule has 0 aliphatic rings. The van der Waals surface area contributed by atoms with Gasteiger partial charge < -0.3 is 4.98 Å². The molecule has 5 nitrogen and oxygen atoms in total. The number of hydrogen-bond acceptors (Lipinski definition) is 3. The van der Waals surface area contributed by atoms with Crippen molar-refractivity contribution in [2.75, 3.05) is 0 Å². The molecule has 6 heteroatoms. The van der Waals surface area contributed by atoms with Gasteiger partial charge in [0.15, 0.2) is 0 Å². The number of rotatable bonds is 3. The SMILES string of the molecule is CCCc1c([N+](=O)[O-])c(=O)[nH]c2ccc(Cl)cc12. The number of nitro groups is 1. The molecule has 0 aliphatic heterocycles. The topological polar surface area (TPSA) is 76.0 Å². The Morgan fingerprint density at radius 2 is 2.17 bits per heavy atom. The molecule has 1 aromatic carbocycles. The summed E-state index contributed by atoms with van der Waals surface area (Å²) >= 11 is 5.90. The lowest BCUT2D eigenvalue weighted by atomic mass is 10.0. The molecule has 0 bridgehead atoms. The third-order valence-electron chi connectivity index (χ3n) is 2.74. The molecule has 0 spiro atoms. The van der Waals surface area contributed by atoms with Gasteiger partial charge in [0.05, 0.1) is 4.92 Å². The predicted octanol–water partition coefficient (Wildman–Crippen LogP) is 3.04. The first-order valence-corrected chi connectivity index (χ1v) is 5.91. The third-order valence-corrected chi connectivity index (χ3v) is 2.97. The summed E-state index contributed by atoms with van der Waals surface area (Å²) < 4.78 is 0. The molecule has 1 N–H and O–H groups in total. The van der Waals surface area contributed by atoms with Crippen molar-refractivity contribution < 1.29 is 4.92 Å². The van der Waals surface area contributed by atoms with E-state index >= 15 is 0 Å². The first kappa shape index (κ1) is 12.6. The van der Waals surface area contributed by atoms with Crippen molar-refractivity contribution in [3.8, 4) is 0 Å². The van der Waals surface area contributed by atoms with Gasteiger partial charge in [0, 0.05) is 21.5 Å². The summed E-state index contributed by atoms with van der Waals surface area (Å²) in [6.07, 6.45) is 1.18. The number of nitrogens with one attached hydrogen (secondary N) is 1. The van der Waals surface area contributed by atoms with Gasteiger partial charge in [-0.15, -0.1) is 0 Å². The molecule has 1 aromatic heterocycles. The van der Waals surface area contributed by atoms with Crippen molar-refractivity contribution in [3.63, 3.8) is 0 Å². The van der Waals surface area contributed by atoms with E-state index in [1.54, 1.807) is 18.2 Å². The van der Waals surface area contributed by atoms with Crippen molar-refractivity contribution in [1.82, 2.24) is 4.98 Å². The van der Waals surface area contributed by atoms with E-state index in [1.165, 1.54) is 0 Å². The summed E-state index contributed by atoms with van der Waals surface area (Å²) in [5.41, 5.74) is -0.0351. The Kier molecular flexibility index (Phi) is 3.34. The molecule has 0 aliphatic carbocycles. The van der Waals surface area contributed by atoms with Crippen LogP contribution in [0, 0.1) is 10.1 Å². The summed E-state index contributed by atoms with van der Waals surface area (Å²) in [7, 11) is 0. The standard InChI is InChI=1S/C12H11ClN2O3/c1-2-3-8-9-6-7(13)4-5-10(9)14-12(16)11(8)15(17)18/h4-6H,2-3H2,1H3,(H,14,16). The molecule has 0 amide bonds. The first-order chi connectivity index (χ1) is 8.54. The maximum atomic E-state index is 11.7. The van der Waals surface area contributed by atoms with Crippen LogP contribution in [0.4, 0.5) is 5.69 Å². The van der Waals surface area contributed by atoms with Crippen LogP contribution in [0.1, 0.15) is 18.9 Å². The smallest absolute Gasteiger partial charge is 0.316 e.